The van der Waals surface area contributed by atoms with E-state index in [1.165, 1.54) is 0 Å². The number of carbonyl (C=O) groups is 1. The molecule has 0 N–H and O–H groups in total. The van der Waals surface area contributed by atoms with Crippen LogP contribution in [0, 0.1) is 6.92 Å². The van der Waals surface area contributed by atoms with Gasteiger partial charge in [-0.3, -0.25) is 4.79 Å². The van der Waals surface area contributed by atoms with Gasteiger partial charge >= 0.3 is 0 Å². The van der Waals surface area contributed by atoms with Crippen molar-refractivity contribution < 1.29 is 13.2 Å². The standard InChI is InChI=1S/C19H31N3O3S/c1-4-10-21(11-5-2)26(24,25)22-13-7-12-20(14-15-22)19(23)18-9-6-8-17(3)16-18/h6,8-9,16H,4-5,7,10-15H2,1-3H3. The maximum Gasteiger partial charge on any atom is 0.282 e. The summed E-state index contributed by atoms with van der Waals surface area (Å²) in [6, 6.07) is 7.54. The molecule has 0 saturated carbocycles. The molecular formula is C19H31N3O3S. The summed E-state index contributed by atoms with van der Waals surface area (Å²) in [6.07, 6.45) is 2.25. The highest BCUT2D eigenvalue weighted by Gasteiger charge is 2.31. The quantitative estimate of drug-likeness (QED) is 0.729. The first-order valence-corrected chi connectivity index (χ1v) is 10.9. The van der Waals surface area contributed by atoms with Gasteiger partial charge in [0.2, 0.25) is 0 Å². The number of carbonyl (C=O) groups excluding carboxylic acids is 1. The number of hydrogen-bond acceptors (Lipinski definition) is 3. The van der Waals surface area contributed by atoms with Crippen molar-refractivity contribution in [2.45, 2.75) is 40.0 Å². The molecular weight excluding hydrogens is 350 g/mol. The van der Waals surface area contributed by atoms with E-state index in [0.29, 0.717) is 51.3 Å². The Morgan fingerprint density at radius 3 is 2.38 bits per heavy atom. The first-order chi connectivity index (χ1) is 12.4. The number of benzene rings is 1. The first kappa shape index (κ1) is 20.9. The number of nitrogens with zero attached hydrogens (tertiary/aromatic N) is 3. The third-order valence-corrected chi connectivity index (χ3v) is 6.64. The molecule has 1 amide bonds. The van der Waals surface area contributed by atoms with Crippen LogP contribution in [0.2, 0.25) is 0 Å². The zero-order valence-corrected chi connectivity index (χ0v) is 17.0. The Morgan fingerprint density at radius 2 is 1.77 bits per heavy atom. The minimum Gasteiger partial charge on any atom is -0.337 e. The molecule has 6 nitrogen and oxygen atoms in total. The lowest BCUT2D eigenvalue weighted by atomic mass is 10.1. The number of aryl methyl sites for hydroxylation is 1. The molecule has 0 atom stereocenters. The average molecular weight is 382 g/mol. The van der Waals surface area contributed by atoms with Crippen molar-refractivity contribution in [3.63, 3.8) is 0 Å². The Kier molecular flexibility index (Phi) is 7.61. The van der Waals surface area contributed by atoms with Gasteiger partial charge in [-0.05, 0) is 38.3 Å². The van der Waals surface area contributed by atoms with Gasteiger partial charge in [-0.1, -0.05) is 31.5 Å². The van der Waals surface area contributed by atoms with Crippen molar-refractivity contribution in [1.82, 2.24) is 13.5 Å². The molecule has 1 aliphatic heterocycles. The molecule has 1 heterocycles. The van der Waals surface area contributed by atoms with Gasteiger partial charge < -0.3 is 4.90 Å². The van der Waals surface area contributed by atoms with Crippen LogP contribution in [0.25, 0.3) is 0 Å². The molecule has 0 spiro atoms. The zero-order chi connectivity index (χ0) is 19.2. The molecule has 1 fully saturated rings. The van der Waals surface area contributed by atoms with Crippen molar-refractivity contribution >= 4 is 16.1 Å². The summed E-state index contributed by atoms with van der Waals surface area (Å²) in [5, 5.41) is 0. The molecule has 2 rings (SSSR count). The molecule has 0 bridgehead atoms. The Hall–Kier alpha value is -1.44. The number of hydrogen-bond donors (Lipinski definition) is 0. The van der Waals surface area contributed by atoms with E-state index in [0.717, 1.165) is 18.4 Å². The summed E-state index contributed by atoms with van der Waals surface area (Å²) in [5.41, 5.74) is 1.71. The minimum atomic E-state index is -3.46. The van der Waals surface area contributed by atoms with Gasteiger partial charge in [0, 0.05) is 44.8 Å². The van der Waals surface area contributed by atoms with Crippen LogP contribution in [-0.4, -0.2) is 67.1 Å². The second-order valence-electron chi connectivity index (χ2n) is 6.82. The monoisotopic (exact) mass is 381 g/mol. The van der Waals surface area contributed by atoms with Crippen LogP contribution in [0.15, 0.2) is 24.3 Å². The Balaban J connectivity index is 2.08. The summed E-state index contributed by atoms with van der Waals surface area (Å²) in [7, 11) is -3.46. The molecule has 26 heavy (non-hydrogen) atoms. The second-order valence-corrected chi connectivity index (χ2v) is 8.75. The van der Waals surface area contributed by atoms with Crippen LogP contribution in [0.4, 0.5) is 0 Å². The van der Waals surface area contributed by atoms with E-state index in [9.17, 15) is 13.2 Å². The summed E-state index contributed by atoms with van der Waals surface area (Å²) in [6.45, 7) is 8.85. The molecule has 1 aromatic carbocycles. The summed E-state index contributed by atoms with van der Waals surface area (Å²) >= 11 is 0. The van der Waals surface area contributed by atoms with Gasteiger partial charge in [-0.25, -0.2) is 0 Å². The van der Waals surface area contributed by atoms with E-state index < -0.39 is 10.2 Å². The van der Waals surface area contributed by atoms with E-state index in [4.69, 9.17) is 0 Å². The van der Waals surface area contributed by atoms with Crippen LogP contribution in [0.5, 0.6) is 0 Å². The van der Waals surface area contributed by atoms with E-state index in [-0.39, 0.29) is 5.91 Å². The minimum absolute atomic E-state index is 0.0214. The van der Waals surface area contributed by atoms with E-state index in [2.05, 4.69) is 0 Å². The lowest BCUT2D eigenvalue weighted by Gasteiger charge is -2.28. The molecule has 1 aromatic rings. The molecule has 146 valence electrons. The lowest BCUT2D eigenvalue weighted by Crippen LogP contribution is -2.46. The van der Waals surface area contributed by atoms with Crippen molar-refractivity contribution in [2.24, 2.45) is 0 Å². The smallest absolute Gasteiger partial charge is 0.282 e. The Morgan fingerprint density at radius 1 is 1.08 bits per heavy atom. The van der Waals surface area contributed by atoms with Gasteiger partial charge in [0.1, 0.15) is 0 Å². The maximum atomic E-state index is 13.0. The van der Waals surface area contributed by atoms with Gasteiger partial charge in [0.25, 0.3) is 16.1 Å². The summed E-state index contributed by atoms with van der Waals surface area (Å²) < 4.78 is 29.0. The van der Waals surface area contributed by atoms with Crippen molar-refractivity contribution in [1.29, 1.82) is 0 Å². The first-order valence-electron chi connectivity index (χ1n) is 9.51. The SMILES string of the molecule is CCCN(CCC)S(=O)(=O)N1CCCN(C(=O)c2cccc(C)c2)CC1. The van der Waals surface area contributed by atoms with Crippen LogP contribution in [0.3, 0.4) is 0 Å². The molecule has 1 aliphatic rings. The largest absolute Gasteiger partial charge is 0.337 e. The topological polar surface area (TPSA) is 60.9 Å². The highest BCUT2D eigenvalue weighted by atomic mass is 32.2. The molecule has 0 radical (unpaired) electrons. The van der Waals surface area contributed by atoms with Gasteiger partial charge in [-0.2, -0.15) is 17.0 Å². The average Bonchev–Trinajstić information content (AvgIpc) is 2.87. The van der Waals surface area contributed by atoms with E-state index >= 15 is 0 Å². The fourth-order valence-electron chi connectivity index (χ4n) is 3.29. The predicted octanol–water partition coefficient (Wildman–Crippen LogP) is 2.51. The molecule has 0 unspecified atom stereocenters. The number of rotatable bonds is 7. The molecule has 0 aliphatic carbocycles. The Labute approximate surface area is 158 Å². The molecule has 1 saturated heterocycles. The van der Waals surface area contributed by atoms with E-state index in [1.807, 2.05) is 45.0 Å². The predicted molar refractivity (Wildman–Crippen MR) is 104 cm³/mol. The molecule has 0 aromatic heterocycles. The van der Waals surface area contributed by atoms with Crippen LogP contribution < -0.4 is 0 Å². The fraction of sp³-hybridized carbons (Fsp3) is 0.632. The van der Waals surface area contributed by atoms with Crippen LogP contribution in [0.1, 0.15) is 49.0 Å². The van der Waals surface area contributed by atoms with Crippen LogP contribution >= 0.6 is 0 Å². The van der Waals surface area contributed by atoms with Gasteiger partial charge in [-0.15, -0.1) is 0 Å². The van der Waals surface area contributed by atoms with Crippen molar-refractivity contribution in [3.8, 4) is 0 Å². The zero-order valence-electron chi connectivity index (χ0n) is 16.1. The molecule has 7 heteroatoms. The summed E-state index contributed by atoms with van der Waals surface area (Å²) in [4.78, 5) is 14.5. The third-order valence-electron chi connectivity index (χ3n) is 4.61. The van der Waals surface area contributed by atoms with E-state index in [1.54, 1.807) is 13.5 Å². The number of amides is 1. The van der Waals surface area contributed by atoms with Gasteiger partial charge in [0.05, 0.1) is 0 Å². The Bertz CT molecular complexity index is 700. The normalized spacial score (nSPS) is 16.7. The van der Waals surface area contributed by atoms with Crippen molar-refractivity contribution in [3.05, 3.63) is 35.4 Å². The summed E-state index contributed by atoms with van der Waals surface area (Å²) in [5.74, 6) is -0.0214. The lowest BCUT2D eigenvalue weighted by molar-refractivity contribution is 0.0764. The second kappa shape index (κ2) is 9.48. The third kappa shape index (κ3) is 5.05. The van der Waals surface area contributed by atoms with Crippen molar-refractivity contribution in [2.75, 3.05) is 39.3 Å². The highest BCUT2D eigenvalue weighted by molar-refractivity contribution is 7.86. The van der Waals surface area contributed by atoms with Gasteiger partial charge in [0.15, 0.2) is 0 Å². The fourth-order valence-corrected chi connectivity index (χ4v) is 5.12. The van der Waals surface area contributed by atoms with Crippen LogP contribution in [-0.2, 0) is 10.2 Å². The highest BCUT2D eigenvalue weighted by Crippen LogP contribution is 2.16. The maximum absolute atomic E-state index is 13.0.